The molecule has 0 aliphatic rings. The van der Waals surface area contributed by atoms with Gasteiger partial charge in [0.25, 0.3) is 5.91 Å². The predicted molar refractivity (Wildman–Crippen MR) is 72.2 cm³/mol. The maximum absolute atomic E-state index is 11.9. The van der Waals surface area contributed by atoms with Gasteiger partial charge in [0.2, 0.25) is 0 Å². The van der Waals surface area contributed by atoms with Gasteiger partial charge in [-0.15, -0.1) is 0 Å². The summed E-state index contributed by atoms with van der Waals surface area (Å²) >= 11 is 10.8. The highest BCUT2D eigenvalue weighted by molar-refractivity contribution is 7.80. The molecule has 0 fully saturated rings. The molecule has 1 amide bonds. The summed E-state index contributed by atoms with van der Waals surface area (Å²) in [4.78, 5) is 16.0. The first-order valence-electron chi connectivity index (χ1n) is 5.26. The summed E-state index contributed by atoms with van der Waals surface area (Å²) in [7, 11) is 0. The number of amides is 1. The normalized spacial score (nSPS) is 11.9. The molecule has 0 aliphatic carbocycles. The van der Waals surface area contributed by atoms with Crippen molar-refractivity contribution < 1.29 is 4.79 Å². The molecule has 0 saturated heterocycles. The predicted octanol–water partition coefficient (Wildman–Crippen LogP) is 1.92. The van der Waals surface area contributed by atoms with Gasteiger partial charge in [-0.25, -0.2) is 0 Å². The molecule has 0 radical (unpaired) electrons. The fraction of sp³-hybridized carbons (Fsp3) is 0.364. The van der Waals surface area contributed by atoms with E-state index in [1.165, 1.54) is 12.4 Å². The van der Waals surface area contributed by atoms with Gasteiger partial charge in [0.15, 0.2) is 0 Å². The first-order chi connectivity index (χ1) is 8.06. The molecular formula is C11H14ClN3OS. The average molecular weight is 272 g/mol. The van der Waals surface area contributed by atoms with Crippen molar-refractivity contribution in [2.45, 2.75) is 25.8 Å². The third kappa shape index (κ3) is 3.94. The van der Waals surface area contributed by atoms with Crippen LogP contribution in [0, 0.1) is 0 Å². The van der Waals surface area contributed by atoms with Crippen molar-refractivity contribution in [2.24, 2.45) is 5.73 Å². The Morgan fingerprint density at radius 3 is 2.94 bits per heavy atom. The maximum atomic E-state index is 11.9. The van der Waals surface area contributed by atoms with E-state index in [-0.39, 0.29) is 16.9 Å². The average Bonchev–Trinajstić information content (AvgIpc) is 2.28. The first-order valence-corrected chi connectivity index (χ1v) is 6.04. The fourth-order valence-electron chi connectivity index (χ4n) is 1.37. The summed E-state index contributed by atoms with van der Waals surface area (Å²) in [6.07, 6.45) is 4.53. The highest BCUT2D eigenvalue weighted by Crippen LogP contribution is 2.13. The number of nitrogens with one attached hydrogen (secondary N) is 1. The third-order valence-electron chi connectivity index (χ3n) is 2.24. The minimum absolute atomic E-state index is 0.283. The van der Waals surface area contributed by atoms with E-state index in [4.69, 9.17) is 29.6 Å². The third-order valence-corrected chi connectivity index (χ3v) is 2.83. The molecule has 3 N–H and O–H groups in total. The monoisotopic (exact) mass is 271 g/mol. The van der Waals surface area contributed by atoms with E-state index < -0.39 is 0 Å². The zero-order chi connectivity index (χ0) is 12.8. The number of aromatic nitrogens is 1. The van der Waals surface area contributed by atoms with Crippen LogP contribution in [0.2, 0.25) is 5.02 Å². The van der Waals surface area contributed by atoms with E-state index in [0.717, 1.165) is 6.42 Å². The van der Waals surface area contributed by atoms with Crippen molar-refractivity contribution in [2.75, 3.05) is 0 Å². The van der Waals surface area contributed by atoms with Crippen LogP contribution < -0.4 is 11.1 Å². The van der Waals surface area contributed by atoms with Crippen LogP contribution in [0.1, 0.15) is 30.1 Å². The molecule has 0 aliphatic heterocycles. The standard InChI is InChI=1S/C11H14ClN3OS/c1-2-3-9(10(13)17)15-11(16)7-4-5-14-6-8(7)12/h4-6,9H,2-3H2,1H3,(H2,13,17)(H,15,16). The number of carbonyl (C=O) groups is 1. The Bertz CT molecular complexity index is 425. The second-order valence-electron chi connectivity index (χ2n) is 3.57. The second-order valence-corrected chi connectivity index (χ2v) is 4.45. The van der Waals surface area contributed by atoms with Gasteiger partial charge in [-0.2, -0.15) is 0 Å². The lowest BCUT2D eigenvalue weighted by molar-refractivity contribution is 0.0945. The molecule has 1 heterocycles. The number of rotatable bonds is 5. The van der Waals surface area contributed by atoms with Gasteiger partial charge >= 0.3 is 0 Å². The first kappa shape index (κ1) is 13.9. The van der Waals surface area contributed by atoms with Gasteiger partial charge in [-0.3, -0.25) is 9.78 Å². The Kier molecular flexibility index (Phi) is 5.31. The number of halogens is 1. The zero-order valence-corrected chi connectivity index (χ0v) is 11.0. The quantitative estimate of drug-likeness (QED) is 0.803. The van der Waals surface area contributed by atoms with Crippen LogP contribution in [0.4, 0.5) is 0 Å². The number of nitrogens with two attached hydrogens (primary N) is 1. The number of hydrogen-bond donors (Lipinski definition) is 2. The molecule has 1 rings (SSSR count). The van der Waals surface area contributed by atoms with Crippen LogP contribution >= 0.6 is 23.8 Å². The molecule has 6 heteroatoms. The molecule has 0 saturated carbocycles. The van der Waals surface area contributed by atoms with Crippen LogP contribution in [0.15, 0.2) is 18.5 Å². The number of pyridine rings is 1. The summed E-state index contributed by atoms with van der Waals surface area (Å²) in [6, 6.07) is 1.26. The fourth-order valence-corrected chi connectivity index (χ4v) is 1.75. The van der Waals surface area contributed by atoms with Crippen LogP contribution in [-0.2, 0) is 0 Å². The van der Waals surface area contributed by atoms with Crippen molar-refractivity contribution in [1.29, 1.82) is 0 Å². The summed E-state index contributed by atoms with van der Waals surface area (Å²) in [6.45, 7) is 2.00. The smallest absolute Gasteiger partial charge is 0.253 e. The minimum atomic E-state index is -0.299. The SMILES string of the molecule is CCCC(NC(=O)c1ccncc1Cl)C(N)=S. The molecule has 17 heavy (non-hydrogen) atoms. The number of carbonyl (C=O) groups excluding carboxylic acids is 1. The van der Waals surface area contributed by atoms with Crippen molar-refractivity contribution in [1.82, 2.24) is 10.3 Å². The molecule has 0 spiro atoms. The maximum Gasteiger partial charge on any atom is 0.253 e. The number of thiocarbonyl (C=S) groups is 1. The van der Waals surface area contributed by atoms with E-state index >= 15 is 0 Å². The van der Waals surface area contributed by atoms with Crippen molar-refractivity contribution in [3.05, 3.63) is 29.0 Å². The Labute approximate surface area is 111 Å². The van der Waals surface area contributed by atoms with Crippen LogP contribution in [0.3, 0.4) is 0 Å². The molecule has 92 valence electrons. The highest BCUT2D eigenvalue weighted by Gasteiger charge is 2.17. The van der Waals surface area contributed by atoms with Crippen molar-refractivity contribution in [3.63, 3.8) is 0 Å². The van der Waals surface area contributed by atoms with Gasteiger partial charge in [-0.05, 0) is 12.5 Å². The Balaban J connectivity index is 2.77. The lowest BCUT2D eigenvalue weighted by atomic mass is 10.1. The van der Waals surface area contributed by atoms with Crippen LogP contribution in [0.25, 0.3) is 0 Å². The lowest BCUT2D eigenvalue weighted by Crippen LogP contribution is -2.43. The Hall–Kier alpha value is -1.20. The Morgan fingerprint density at radius 2 is 2.41 bits per heavy atom. The topological polar surface area (TPSA) is 68.0 Å². The molecule has 4 nitrogen and oxygen atoms in total. The van der Waals surface area contributed by atoms with E-state index in [0.29, 0.717) is 17.0 Å². The molecule has 1 atom stereocenters. The zero-order valence-electron chi connectivity index (χ0n) is 9.44. The minimum Gasteiger partial charge on any atom is -0.392 e. The van der Waals surface area contributed by atoms with E-state index in [9.17, 15) is 4.79 Å². The van der Waals surface area contributed by atoms with E-state index in [2.05, 4.69) is 10.3 Å². The van der Waals surface area contributed by atoms with Crippen molar-refractivity contribution >= 4 is 34.7 Å². The van der Waals surface area contributed by atoms with E-state index in [1.807, 2.05) is 6.92 Å². The van der Waals surface area contributed by atoms with Gasteiger partial charge < -0.3 is 11.1 Å². The van der Waals surface area contributed by atoms with Crippen molar-refractivity contribution in [3.8, 4) is 0 Å². The summed E-state index contributed by atoms with van der Waals surface area (Å²) in [5.41, 5.74) is 5.93. The molecule has 0 bridgehead atoms. The van der Waals surface area contributed by atoms with Gasteiger partial charge in [-0.1, -0.05) is 37.2 Å². The van der Waals surface area contributed by atoms with Gasteiger partial charge in [0.05, 0.1) is 21.6 Å². The highest BCUT2D eigenvalue weighted by atomic mass is 35.5. The number of hydrogen-bond acceptors (Lipinski definition) is 3. The molecule has 1 aromatic heterocycles. The van der Waals surface area contributed by atoms with E-state index in [1.54, 1.807) is 6.07 Å². The van der Waals surface area contributed by atoms with Gasteiger partial charge in [0.1, 0.15) is 0 Å². The molecule has 0 aromatic carbocycles. The van der Waals surface area contributed by atoms with Crippen LogP contribution in [0.5, 0.6) is 0 Å². The molecule has 1 unspecified atom stereocenters. The summed E-state index contributed by atoms with van der Waals surface area (Å²) in [5, 5.41) is 3.07. The summed E-state index contributed by atoms with van der Waals surface area (Å²) in [5.74, 6) is -0.288. The van der Waals surface area contributed by atoms with Crippen LogP contribution in [-0.4, -0.2) is 21.9 Å². The molecular weight excluding hydrogens is 258 g/mol. The van der Waals surface area contributed by atoms with Gasteiger partial charge in [0, 0.05) is 12.4 Å². The molecule has 1 aromatic rings. The Morgan fingerprint density at radius 1 is 1.71 bits per heavy atom. The number of nitrogens with zero attached hydrogens (tertiary/aromatic N) is 1. The lowest BCUT2D eigenvalue weighted by Gasteiger charge is -2.16. The second kappa shape index (κ2) is 6.51. The largest absolute Gasteiger partial charge is 0.392 e. The summed E-state index contributed by atoms with van der Waals surface area (Å²) < 4.78 is 0.